The predicted molar refractivity (Wildman–Crippen MR) is 179 cm³/mol. The van der Waals surface area contributed by atoms with Crippen molar-refractivity contribution in [2.75, 3.05) is 37.0 Å². The van der Waals surface area contributed by atoms with E-state index in [1.165, 1.54) is 38.5 Å². The molecule has 1 amide bonds. The smallest absolute Gasteiger partial charge is 0.422 e. The average Bonchev–Trinajstić information content (AvgIpc) is 3.65. The molecule has 0 aliphatic rings. The van der Waals surface area contributed by atoms with Gasteiger partial charge in [-0.25, -0.2) is 23.4 Å². The predicted octanol–water partition coefficient (Wildman–Crippen LogP) is 5.79. The van der Waals surface area contributed by atoms with Gasteiger partial charge in [-0.1, -0.05) is 6.07 Å². The molecular formula is C33H26F3N7O5S. The zero-order valence-corrected chi connectivity index (χ0v) is 26.8. The van der Waals surface area contributed by atoms with E-state index in [0.29, 0.717) is 33.4 Å². The third kappa shape index (κ3) is 5.58. The van der Waals surface area contributed by atoms with Crippen LogP contribution in [0.3, 0.4) is 0 Å². The Morgan fingerprint density at radius 2 is 1.86 bits per heavy atom. The molecule has 3 N–H and O–H groups in total. The summed E-state index contributed by atoms with van der Waals surface area (Å²) in [7, 11) is -0.984. The Labute approximate surface area is 276 Å². The molecule has 49 heavy (non-hydrogen) atoms. The van der Waals surface area contributed by atoms with Crippen LogP contribution in [0, 0.1) is 0 Å². The molecule has 0 saturated carbocycles. The van der Waals surface area contributed by atoms with Gasteiger partial charge in [0.2, 0.25) is 15.9 Å². The van der Waals surface area contributed by atoms with E-state index in [-0.39, 0.29) is 34.0 Å². The molecule has 0 aliphatic carbocycles. The number of halogens is 3. The lowest BCUT2D eigenvalue weighted by Gasteiger charge is -2.20. The van der Waals surface area contributed by atoms with Gasteiger partial charge in [-0.3, -0.25) is 13.5 Å². The topological polar surface area (TPSA) is 158 Å². The summed E-state index contributed by atoms with van der Waals surface area (Å²) in [6.45, 7) is -1.52. The minimum Gasteiger partial charge on any atom is -0.468 e. The van der Waals surface area contributed by atoms with Gasteiger partial charge in [0.15, 0.2) is 6.61 Å². The maximum absolute atomic E-state index is 13.3. The van der Waals surface area contributed by atoms with E-state index in [0.717, 1.165) is 27.0 Å². The molecule has 16 heteroatoms. The van der Waals surface area contributed by atoms with Crippen LogP contribution in [0.25, 0.3) is 61.0 Å². The fourth-order valence-electron chi connectivity index (χ4n) is 5.68. The third-order valence-electron chi connectivity index (χ3n) is 8.10. The molecule has 0 aliphatic heterocycles. The van der Waals surface area contributed by atoms with Gasteiger partial charge in [0.1, 0.15) is 23.2 Å². The van der Waals surface area contributed by atoms with E-state index < -0.39 is 28.7 Å². The summed E-state index contributed by atoms with van der Waals surface area (Å²) in [4.78, 5) is 26.8. The minimum atomic E-state index is -4.55. The Balaban J connectivity index is 1.45. The Kier molecular flexibility index (Phi) is 7.35. The molecule has 7 rings (SSSR count). The SMILES string of the molecule is CNC(=O)c1c(-c2ccc(OCC(F)(F)F)nc2)oc2cc(N(C)S(C)(=O)=O)c(-c3ccc4ncn5c6cccc(N)c6cc5c4n3)cc12. The molecule has 0 fully saturated rings. The number of rotatable bonds is 7. The number of fused-ring (bicyclic) bond motifs is 6. The van der Waals surface area contributed by atoms with Crippen LogP contribution in [-0.4, -0.2) is 66.8 Å². The summed E-state index contributed by atoms with van der Waals surface area (Å²) in [5.41, 5.74) is 11.0. The van der Waals surface area contributed by atoms with Gasteiger partial charge in [0.05, 0.1) is 39.8 Å². The van der Waals surface area contributed by atoms with Crippen molar-refractivity contribution in [2.45, 2.75) is 6.18 Å². The zero-order valence-electron chi connectivity index (χ0n) is 26.0. The normalized spacial score (nSPS) is 12.3. The van der Waals surface area contributed by atoms with Gasteiger partial charge in [0, 0.05) is 60.0 Å². The Bertz CT molecular complexity index is 2560. The van der Waals surface area contributed by atoms with E-state index in [1.54, 1.807) is 30.6 Å². The van der Waals surface area contributed by atoms with Crippen molar-refractivity contribution in [3.05, 3.63) is 78.8 Å². The number of nitrogens with zero attached hydrogens (tertiary/aromatic N) is 5. The molecule has 5 aromatic heterocycles. The summed E-state index contributed by atoms with van der Waals surface area (Å²) < 4.78 is 77.4. The molecule has 0 unspecified atom stereocenters. The second-order valence-electron chi connectivity index (χ2n) is 11.3. The number of carbonyl (C=O) groups is 1. The number of aromatic nitrogens is 4. The summed E-state index contributed by atoms with van der Waals surface area (Å²) in [5, 5.41) is 3.73. The Morgan fingerprint density at radius 3 is 2.55 bits per heavy atom. The maximum Gasteiger partial charge on any atom is 0.422 e. The molecule has 7 aromatic rings. The first-order valence-electron chi connectivity index (χ1n) is 14.6. The molecule has 0 saturated heterocycles. The minimum absolute atomic E-state index is 0.0594. The van der Waals surface area contributed by atoms with Crippen LogP contribution in [0.15, 0.2) is 77.6 Å². The van der Waals surface area contributed by atoms with Crippen LogP contribution in [-0.2, 0) is 10.0 Å². The van der Waals surface area contributed by atoms with Crippen molar-refractivity contribution < 1.29 is 35.5 Å². The first kappa shape index (κ1) is 31.7. The van der Waals surface area contributed by atoms with Gasteiger partial charge in [-0.2, -0.15) is 13.2 Å². The number of nitrogens with one attached hydrogen (secondary N) is 1. The summed E-state index contributed by atoms with van der Waals surface area (Å²) >= 11 is 0. The number of benzene rings is 2. The quantitative estimate of drug-likeness (QED) is 0.198. The molecule has 0 radical (unpaired) electrons. The van der Waals surface area contributed by atoms with E-state index in [4.69, 9.17) is 19.9 Å². The molecule has 12 nitrogen and oxygen atoms in total. The second-order valence-corrected chi connectivity index (χ2v) is 13.3. The second kappa shape index (κ2) is 11.4. The number of furan rings is 1. The van der Waals surface area contributed by atoms with Crippen LogP contribution >= 0.6 is 0 Å². The lowest BCUT2D eigenvalue weighted by Crippen LogP contribution is -2.25. The number of hydrogen-bond acceptors (Lipinski definition) is 9. The maximum atomic E-state index is 13.3. The fraction of sp³-hybridized carbons (Fsp3) is 0.152. The Hall–Kier alpha value is -5.90. The van der Waals surface area contributed by atoms with Gasteiger partial charge < -0.3 is 20.2 Å². The largest absolute Gasteiger partial charge is 0.468 e. The van der Waals surface area contributed by atoms with Gasteiger partial charge >= 0.3 is 6.18 Å². The number of hydrogen-bond donors (Lipinski definition) is 2. The number of alkyl halides is 3. The molecule has 250 valence electrons. The Morgan fingerprint density at radius 1 is 1.06 bits per heavy atom. The molecule has 0 bridgehead atoms. The summed E-state index contributed by atoms with van der Waals surface area (Å²) in [6, 6.07) is 16.7. The number of carbonyl (C=O) groups excluding carboxylic acids is 1. The lowest BCUT2D eigenvalue weighted by atomic mass is 10.0. The summed E-state index contributed by atoms with van der Waals surface area (Å²) in [6.07, 6.45) is -0.594. The van der Waals surface area contributed by atoms with Crippen molar-refractivity contribution in [3.63, 3.8) is 0 Å². The highest BCUT2D eigenvalue weighted by Gasteiger charge is 2.29. The first-order chi connectivity index (χ1) is 23.2. The third-order valence-corrected chi connectivity index (χ3v) is 9.29. The monoisotopic (exact) mass is 689 g/mol. The highest BCUT2D eigenvalue weighted by Crippen LogP contribution is 2.41. The molecule has 0 spiro atoms. The number of pyridine rings is 2. The molecule has 2 aromatic carbocycles. The van der Waals surface area contributed by atoms with Gasteiger partial charge in [-0.05, 0) is 42.5 Å². The number of amides is 1. The molecule has 0 atom stereocenters. The van der Waals surface area contributed by atoms with Crippen molar-refractivity contribution in [3.8, 4) is 28.5 Å². The number of ether oxygens (including phenoxy) is 1. The van der Waals surface area contributed by atoms with Gasteiger partial charge in [-0.15, -0.1) is 0 Å². The molecular weight excluding hydrogens is 663 g/mol. The average molecular weight is 690 g/mol. The van der Waals surface area contributed by atoms with Crippen LogP contribution in [0.5, 0.6) is 5.88 Å². The first-order valence-corrected chi connectivity index (χ1v) is 16.5. The van der Waals surface area contributed by atoms with Crippen molar-refractivity contribution in [2.24, 2.45) is 0 Å². The lowest BCUT2D eigenvalue weighted by molar-refractivity contribution is -0.154. The van der Waals surface area contributed by atoms with Crippen LogP contribution in [0.4, 0.5) is 24.5 Å². The molecule has 5 heterocycles. The number of anilines is 2. The van der Waals surface area contributed by atoms with Crippen molar-refractivity contribution >= 4 is 65.7 Å². The van der Waals surface area contributed by atoms with Crippen molar-refractivity contribution in [1.29, 1.82) is 0 Å². The van der Waals surface area contributed by atoms with Crippen LogP contribution < -0.4 is 20.1 Å². The van der Waals surface area contributed by atoms with Gasteiger partial charge in [0.25, 0.3) is 5.91 Å². The van der Waals surface area contributed by atoms with E-state index in [2.05, 4.69) is 15.3 Å². The highest BCUT2D eigenvalue weighted by atomic mass is 32.2. The standard InChI is InChI=1S/C33H26F3N7O5S/c1-38-32(44)29-20-11-19(22-8-9-23-30(41-22)26-12-18-21(37)5-4-6-24(18)43(26)16-40-23)25(42(2)49(3,45)46)13-27(20)48-31(29)17-7-10-28(39-14-17)47-15-33(34,35)36/h4-14,16H,15,37H2,1-3H3,(H,38,44). The summed E-state index contributed by atoms with van der Waals surface area (Å²) in [5.74, 6) is -0.747. The number of sulfonamides is 1. The van der Waals surface area contributed by atoms with Crippen molar-refractivity contribution in [1.82, 2.24) is 24.7 Å². The van der Waals surface area contributed by atoms with Crippen LogP contribution in [0.1, 0.15) is 10.4 Å². The van der Waals surface area contributed by atoms with E-state index >= 15 is 0 Å². The van der Waals surface area contributed by atoms with E-state index in [1.807, 2.05) is 22.6 Å². The fourth-order valence-corrected chi connectivity index (χ4v) is 6.19. The van der Waals surface area contributed by atoms with E-state index in [9.17, 15) is 26.4 Å². The highest BCUT2D eigenvalue weighted by molar-refractivity contribution is 7.92. The number of nitrogens with two attached hydrogens (primary N) is 1. The van der Waals surface area contributed by atoms with Crippen LogP contribution in [0.2, 0.25) is 0 Å². The zero-order chi connectivity index (χ0) is 34.8. The number of nitrogen functional groups attached to an aromatic ring is 1.